The molecule has 7 aromatic rings. The Balaban J connectivity index is 1.12. The van der Waals surface area contributed by atoms with Crippen molar-refractivity contribution in [2.45, 2.75) is 198 Å². The Morgan fingerprint density at radius 1 is 0.519 bits per heavy atom. The van der Waals surface area contributed by atoms with E-state index in [0.717, 1.165) is 16.7 Å². The quantitative estimate of drug-likeness (QED) is 0.0294. The number of rotatable bonds is 25. The van der Waals surface area contributed by atoms with Gasteiger partial charge >= 0.3 is 0 Å². The predicted octanol–water partition coefficient (Wildman–Crippen LogP) is 5.97. The number of nitrogens with two attached hydrogens (primary N) is 1. The van der Waals surface area contributed by atoms with Crippen molar-refractivity contribution in [3.05, 3.63) is 203 Å². The highest BCUT2D eigenvalue weighted by atomic mass is 32.2. The van der Waals surface area contributed by atoms with E-state index in [0.29, 0.717) is 63.5 Å². The van der Waals surface area contributed by atoms with Crippen LogP contribution < -0.4 is 37.6 Å². The van der Waals surface area contributed by atoms with E-state index in [1.807, 2.05) is 6.92 Å². The zero-order chi connectivity index (χ0) is 95.1. The van der Waals surface area contributed by atoms with Crippen molar-refractivity contribution in [1.82, 2.24) is 61.4 Å². The van der Waals surface area contributed by atoms with Gasteiger partial charge in [0.05, 0.1) is 30.3 Å². The third kappa shape index (κ3) is 29.7. The Labute approximate surface area is 767 Å². The van der Waals surface area contributed by atoms with Crippen molar-refractivity contribution in [3.63, 3.8) is 0 Å². The van der Waals surface area contributed by atoms with Gasteiger partial charge in [0, 0.05) is 128 Å². The molecule has 0 radical (unpaired) electrons. The standard InChI is InChI=1S/C98H123N13O19S/c1-10-11-32-81-98(129)111-44-23-33-80(111)86(117)52-68(56-130-59-112)85(116)53-72(61(4)5)94(125)109(8)82(49-63-26-17-13-18-27-63)93(124)105-77(48-66-36-40-70(114)41-37-66)95(126)107(6)55-88(119)101-76(51-67-54-100-73-31-22-21-30-71(67)73)92(123)104-75(46-65-34-38-69(113)39-35-65)91(122)103-74(45-60(2)3)90(121)106-79(84(115)42-43-87(99)118)57-131-58-89(120)102-78(47-62-24-15-12-16-25-62)96(127)110(9)83(97(128)108(81)7)50-64-28-19-14-20-29-64/h12-22,24-31,34-41,54,59-61,68,72,74-83,100,113-114H,10-11,23,32-33,42-53,55-58H2,1-9H3,(H2,99,118)(H,101,119)(H,102,120)(H,103,122)(H,104,123)(H,105,124)(H,106,121)/t68-,72-,74-,75-,76-,77-,78-,79-,80-,81-,82-,83-/m0/s1. The number of H-pyrrole nitrogens is 1. The molecule has 9 rings (SSSR count). The van der Waals surface area contributed by atoms with Crippen LogP contribution in [-0.4, -0.2) is 254 Å². The van der Waals surface area contributed by atoms with Crippen molar-refractivity contribution in [2.75, 3.05) is 59.4 Å². The lowest BCUT2D eigenvalue weighted by atomic mass is 9.83. The molecule has 0 aliphatic carbocycles. The highest BCUT2D eigenvalue weighted by Gasteiger charge is 2.45. The summed E-state index contributed by atoms with van der Waals surface area (Å²) in [5.74, 6) is -15.9. The van der Waals surface area contributed by atoms with E-state index in [9.17, 15) is 34.2 Å². The molecule has 2 saturated heterocycles. The van der Waals surface area contributed by atoms with E-state index >= 15 is 52.7 Å². The van der Waals surface area contributed by atoms with Gasteiger partial charge in [-0.1, -0.05) is 181 Å². The maximum absolute atomic E-state index is 15.7. The number of fused-ring (bicyclic) bond motifs is 2. The van der Waals surface area contributed by atoms with Crippen molar-refractivity contribution in [3.8, 4) is 11.5 Å². The molecule has 131 heavy (non-hydrogen) atoms. The van der Waals surface area contributed by atoms with E-state index in [2.05, 4.69) is 36.9 Å². The van der Waals surface area contributed by atoms with Gasteiger partial charge in [0.15, 0.2) is 11.6 Å². The number of nitrogens with zero attached hydrogens (tertiary/aromatic N) is 5. The predicted molar refractivity (Wildman–Crippen MR) is 493 cm³/mol. The first kappa shape index (κ1) is 102. The number of benzene rings is 6. The Morgan fingerprint density at radius 2 is 1.02 bits per heavy atom. The van der Waals surface area contributed by atoms with Gasteiger partial charge in [-0.2, -0.15) is 0 Å². The first-order chi connectivity index (χ1) is 62.6. The van der Waals surface area contributed by atoms with Crippen molar-refractivity contribution in [2.24, 2.45) is 29.4 Å². The molecule has 0 bridgehead atoms. The maximum atomic E-state index is 15.7. The summed E-state index contributed by atoms with van der Waals surface area (Å²) in [5, 5.41) is 38.3. The molecule has 6 aromatic carbocycles. The monoisotopic (exact) mass is 1820 g/mol. The molecule has 2 fully saturated rings. The summed E-state index contributed by atoms with van der Waals surface area (Å²) in [7, 11) is 5.54. The number of phenolic OH excluding ortho intramolecular Hbond substituents is 2. The molecule has 33 heteroatoms. The number of likely N-dealkylation sites (N-methyl/N-ethyl adjacent to an activating group) is 4. The smallest absolute Gasteiger partial charge is 0.293 e. The number of amides is 12. The number of carbonyl (C=O) groups is 16. The van der Waals surface area contributed by atoms with Crippen LogP contribution in [0.25, 0.3) is 10.9 Å². The number of unbranched alkanes of at least 4 members (excludes halogenated alkanes) is 1. The van der Waals surface area contributed by atoms with Crippen LogP contribution in [0.5, 0.6) is 11.5 Å². The molecule has 0 unspecified atom stereocenters. The number of hydrogen-bond donors (Lipinski definition) is 10. The fraction of sp³-hybridized carbons (Fsp3) is 0.449. The van der Waals surface area contributed by atoms with Gasteiger partial charge in [-0.3, -0.25) is 76.7 Å². The lowest BCUT2D eigenvalue weighted by Crippen LogP contribution is -2.59. The number of aromatic hydroxyl groups is 2. The summed E-state index contributed by atoms with van der Waals surface area (Å²) in [6, 6.07) is 30.9. The van der Waals surface area contributed by atoms with E-state index < -0.39 is 211 Å². The zero-order valence-electron chi connectivity index (χ0n) is 75.7. The molecule has 32 nitrogen and oxygen atoms in total. The Morgan fingerprint density at radius 3 is 1.60 bits per heavy atom. The minimum Gasteiger partial charge on any atom is -0.508 e. The first-order valence-corrected chi connectivity index (χ1v) is 45.6. The number of nitrogens with one attached hydrogen (secondary N) is 7. The Hall–Kier alpha value is -13.1. The molecular weight excluding hydrogens is 1700 g/mol. The van der Waals surface area contributed by atoms with Gasteiger partial charge in [0.1, 0.15) is 72.2 Å². The minimum atomic E-state index is -1.57. The number of Topliss-reactive ketones (excluding diaryl/α,β-unsaturated/α-hetero) is 3. The molecule has 0 spiro atoms. The van der Waals surface area contributed by atoms with Crippen LogP contribution in [0.15, 0.2) is 170 Å². The van der Waals surface area contributed by atoms with Gasteiger partial charge in [-0.15, -0.1) is 11.8 Å². The molecule has 12 atom stereocenters. The molecule has 0 saturated carbocycles. The number of hydrogen-bond acceptors (Lipinski definition) is 20. The molecule has 700 valence electrons. The van der Waals surface area contributed by atoms with E-state index in [-0.39, 0.29) is 94.0 Å². The van der Waals surface area contributed by atoms with Gasteiger partial charge in [-0.05, 0) is 101 Å². The Kier molecular flexibility index (Phi) is 38.5. The third-order valence-electron chi connectivity index (χ3n) is 24.0. The normalized spacial score (nSPS) is 22.9. The number of ether oxygens (including phenoxy) is 1. The molecule has 3 heterocycles. The second-order valence-corrected chi connectivity index (χ2v) is 35.7. The minimum absolute atomic E-state index is 0.0616. The van der Waals surface area contributed by atoms with E-state index in [1.54, 1.807) is 149 Å². The van der Waals surface area contributed by atoms with Crippen molar-refractivity contribution >= 4 is 117 Å². The fourth-order valence-electron chi connectivity index (χ4n) is 16.6. The summed E-state index contributed by atoms with van der Waals surface area (Å²) in [6.45, 7) is 7.66. The van der Waals surface area contributed by atoms with Crippen LogP contribution in [0.2, 0.25) is 0 Å². The second kappa shape index (κ2) is 49.6. The highest BCUT2D eigenvalue weighted by Crippen LogP contribution is 2.31. The van der Waals surface area contributed by atoms with Crippen molar-refractivity contribution < 1.29 is 91.7 Å². The van der Waals surface area contributed by atoms with Gasteiger partial charge in [0.2, 0.25) is 70.9 Å². The zero-order valence-corrected chi connectivity index (χ0v) is 76.5. The van der Waals surface area contributed by atoms with E-state index in [1.165, 1.54) is 96.3 Å². The highest BCUT2D eigenvalue weighted by molar-refractivity contribution is 8.00. The topological polar surface area (TPSA) is 453 Å². The molecule has 12 amide bonds. The van der Waals surface area contributed by atoms with Crippen LogP contribution in [0.4, 0.5) is 0 Å². The average molecular weight is 1820 g/mol. The number of primary amides is 1. The van der Waals surface area contributed by atoms with Gasteiger partial charge < -0.3 is 82.1 Å². The SMILES string of the molecule is CCCC[C@H]1C(=O)N2CCC[C@H]2C(=O)C[C@@H](COC=O)C(=O)C[C@@H](C(C)C)C(=O)N(C)[C@@H](Cc2ccccc2)C(=O)N[C@@H](Cc2ccc(O)cc2)C(=O)N(C)CC(=O)N[C@@H](Cc2c[nH]c3ccccc23)C(=O)N[C@@H](Cc2ccc(O)cc2)C(=O)N[C@@H](CC(C)C)C(=O)N[C@H](C(=O)CCC(N)=O)CSCC(=O)N[C@@H](Cc2ccccc2)C(=O)N(C)[C@@H](Cc2ccccc2)C(=O)N1C. The Bertz CT molecular complexity index is 5120. The number of para-hydroxylation sites is 1. The molecule has 1 aromatic heterocycles. The third-order valence-corrected chi connectivity index (χ3v) is 25.1. The second-order valence-electron chi connectivity index (χ2n) is 34.7. The summed E-state index contributed by atoms with van der Waals surface area (Å²) in [4.78, 5) is 247. The van der Waals surface area contributed by atoms with Gasteiger partial charge in [0.25, 0.3) is 6.47 Å². The average Bonchev–Trinajstić information content (AvgIpc) is 1.78. The lowest BCUT2D eigenvalue weighted by Gasteiger charge is -2.38. The van der Waals surface area contributed by atoms with Crippen LogP contribution in [0, 0.1) is 23.7 Å². The number of phenols is 2. The van der Waals surface area contributed by atoms with E-state index in [4.69, 9.17) is 10.5 Å². The molecule has 2 aliphatic heterocycles. The number of aromatic nitrogens is 1. The van der Waals surface area contributed by atoms with Crippen LogP contribution in [-0.2, 0) is 120 Å². The number of thioether (sulfide) groups is 1. The van der Waals surface area contributed by atoms with Crippen molar-refractivity contribution in [1.29, 1.82) is 0 Å². The molecular formula is C98H123N13O19S. The van der Waals surface area contributed by atoms with Crippen LogP contribution >= 0.6 is 11.8 Å². The largest absolute Gasteiger partial charge is 0.508 e. The summed E-state index contributed by atoms with van der Waals surface area (Å²) >= 11 is 0.888. The van der Waals surface area contributed by atoms with Crippen LogP contribution in [0.1, 0.15) is 132 Å². The number of carbonyl (C=O) groups excluding carboxylic acids is 16. The van der Waals surface area contributed by atoms with Crippen LogP contribution in [0.3, 0.4) is 0 Å². The molecule has 11 N–H and O–H groups in total. The maximum Gasteiger partial charge on any atom is 0.293 e. The number of ketones is 3. The lowest BCUT2D eigenvalue weighted by molar-refractivity contribution is -0.152. The summed E-state index contributed by atoms with van der Waals surface area (Å²) in [5.41, 5.74) is 9.41. The van der Waals surface area contributed by atoms with Gasteiger partial charge in [-0.25, -0.2) is 0 Å². The molecule has 2 aliphatic rings. The fourth-order valence-corrected chi connectivity index (χ4v) is 17.4. The summed E-state index contributed by atoms with van der Waals surface area (Å²) < 4.78 is 5.24. The number of aromatic amines is 1. The summed E-state index contributed by atoms with van der Waals surface area (Å²) in [6.07, 6.45) is 0.130. The first-order valence-electron chi connectivity index (χ1n) is 44.5.